The van der Waals surface area contributed by atoms with Crippen LogP contribution in [-0.2, 0) is 0 Å². The lowest BCUT2D eigenvalue weighted by atomic mass is 10.0. The van der Waals surface area contributed by atoms with Crippen molar-refractivity contribution >= 4 is 17.4 Å². The Morgan fingerprint density at radius 1 is 1.39 bits per heavy atom. The highest BCUT2D eigenvalue weighted by Gasteiger charge is 2.19. The summed E-state index contributed by atoms with van der Waals surface area (Å²) in [5.74, 6) is 0.979. The molecule has 2 nitrogen and oxygen atoms in total. The van der Waals surface area contributed by atoms with Gasteiger partial charge in [-0.3, -0.25) is 0 Å². The molecule has 1 fully saturated rings. The molecular formula is C14H20FNOS. The summed E-state index contributed by atoms with van der Waals surface area (Å²) in [7, 11) is 0. The Hall–Kier alpha value is -0.740. The van der Waals surface area contributed by atoms with Gasteiger partial charge in [-0.25, -0.2) is 4.39 Å². The van der Waals surface area contributed by atoms with Crippen molar-refractivity contribution in [1.82, 2.24) is 0 Å². The van der Waals surface area contributed by atoms with Crippen molar-refractivity contribution in [3.8, 4) is 0 Å². The van der Waals surface area contributed by atoms with Gasteiger partial charge in [-0.15, -0.1) is 11.8 Å². The molecule has 0 bridgehead atoms. The highest BCUT2D eigenvalue weighted by atomic mass is 32.2. The van der Waals surface area contributed by atoms with Crippen molar-refractivity contribution in [1.29, 1.82) is 0 Å². The summed E-state index contributed by atoms with van der Waals surface area (Å²) in [6, 6.07) is 4.36. The number of benzene rings is 1. The van der Waals surface area contributed by atoms with E-state index in [2.05, 4.69) is 0 Å². The first-order chi connectivity index (χ1) is 8.65. The molecule has 18 heavy (non-hydrogen) atoms. The summed E-state index contributed by atoms with van der Waals surface area (Å²) in [6.45, 7) is 0. The minimum atomic E-state index is -0.319. The largest absolute Gasteiger partial charge is 0.398 e. The quantitative estimate of drug-likeness (QED) is 0.636. The van der Waals surface area contributed by atoms with Crippen molar-refractivity contribution < 1.29 is 9.50 Å². The van der Waals surface area contributed by atoms with E-state index in [1.54, 1.807) is 6.07 Å². The molecule has 0 saturated heterocycles. The van der Waals surface area contributed by atoms with E-state index in [-0.39, 0.29) is 11.9 Å². The number of nitrogen functional groups attached to an aromatic ring is 1. The van der Waals surface area contributed by atoms with Gasteiger partial charge in [0.25, 0.3) is 0 Å². The minimum Gasteiger partial charge on any atom is -0.398 e. The summed E-state index contributed by atoms with van der Waals surface area (Å²) in [4.78, 5) is 0.723. The van der Waals surface area contributed by atoms with Crippen LogP contribution in [0.15, 0.2) is 23.1 Å². The first kappa shape index (κ1) is 13.7. The van der Waals surface area contributed by atoms with Crippen LogP contribution >= 0.6 is 11.8 Å². The van der Waals surface area contributed by atoms with Crippen LogP contribution in [0.2, 0.25) is 0 Å². The lowest BCUT2D eigenvalue weighted by Gasteiger charge is -2.15. The molecule has 0 radical (unpaired) electrons. The molecule has 0 spiro atoms. The Morgan fingerprint density at radius 3 is 2.83 bits per heavy atom. The fourth-order valence-electron chi connectivity index (χ4n) is 2.52. The maximum atomic E-state index is 13.1. The number of rotatable bonds is 5. The second-order valence-corrected chi connectivity index (χ2v) is 6.09. The van der Waals surface area contributed by atoms with Crippen LogP contribution < -0.4 is 5.73 Å². The molecule has 1 aromatic carbocycles. The number of aliphatic hydroxyl groups is 1. The van der Waals surface area contributed by atoms with E-state index in [1.165, 1.54) is 49.6 Å². The second kappa shape index (κ2) is 6.43. The maximum absolute atomic E-state index is 13.1. The van der Waals surface area contributed by atoms with Crippen molar-refractivity contribution in [2.24, 2.45) is 5.92 Å². The van der Waals surface area contributed by atoms with E-state index in [1.807, 2.05) is 0 Å². The molecule has 0 heterocycles. The maximum Gasteiger partial charge on any atom is 0.124 e. The van der Waals surface area contributed by atoms with E-state index in [4.69, 9.17) is 5.73 Å². The summed E-state index contributed by atoms with van der Waals surface area (Å²) in [5, 5.41) is 9.98. The minimum absolute atomic E-state index is 0.281. The van der Waals surface area contributed by atoms with Crippen LogP contribution in [0.1, 0.15) is 32.1 Å². The van der Waals surface area contributed by atoms with Gasteiger partial charge in [0.2, 0.25) is 0 Å². The summed E-state index contributed by atoms with van der Waals surface area (Å²) >= 11 is 1.44. The summed E-state index contributed by atoms with van der Waals surface area (Å²) < 4.78 is 13.1. The van der Waals surface area contributed by atoms with E-state index in [0.717, 1.165) is 11.3 Å². The molecule has 0 amide bonds. The third kappa shape index (κ3) is 3.89. The zero-order valence-electron chi connectivity index (χ0n) is 10.4. The van der Waals surface area contributed by atoms with Crippen molar-refractivity contribution in [3.63, 3.8) is 0 Å². The van der Waals surface area contributed by atoms with Crippen molar-refractivity contribution in [3.05, 3.63) is 24.0 Å². The van der Waals surface area contributed by atoms with Gasteiger partial charge in [-0.2, -0.15) is 0 Å². The normalized spacial score (nSPS) is 18.1. The SMILES string of the molecule is Nc1ccc(F)cc1SCC(O)CC1CCCC1. The zero-order valence-corrected chi connectivity index (χ0v) is 11.3. The third-order valence-corrected chi connectivity index (χ3v) is 4.70. The van der Waals surface area contributed by atoms with E-state index in [9.17, 15) is 9.50 Å². The average Bonchev–Trinajstić information content (AvgIpc) is 2.83. The number of nitrogens with two attached hydrogens (primary N) is 1. The van der Waals surface area contributed by atoms with Crippen LogP contribution in [0.4, 0.5) is 10.1 Å². The molecule has 3 N–H and O–H groups in total. The number of hydrogen-bond acceptors (Lipinski definition) is 3. The Labute approximate surface area is 112 Å². The van der Waals surface area contributed by atoms with E-state index in [0.29, 0.717) is 17.4 Å². The van der Waals surface area contributed by atoms with Gasteiger partial charge in [-0.1, -0.05) is 25.7 Å². The molecule has 1 unspecified atom stereocenters. The average molecular weight is 269 g/mol. The number of halogens is 1. The molecule has 1 aromatic rings. The third-order valence-electron chi connectivity index (χ3n) is 3.49. The Kier molecular flexibility index (Phi) is 4.89. The van der Waals surface area contributed by atoms with Gasteiger partial charge in [0, 0.05) is 16.3 Å². The Bertz CT molecular complexity index is 393. The lowest BCUT2D eigenvalue weighted by Crippen LogP contribution is -2.14. The lowest BCUT2D eigenvalue weighted by molar-refractivity contribution is 0.166. The second-order valence-electron chi connectivity index (χ2n) is 5.03. The van der Waals surface area contributed by atoms with Crippen LogP contribution in [0.3, 0.4) is 0 Å². The highest BCUT2D eigenvalue weighted by molar-refractivity contribution is 7.99. The topological polar surface area (TPSA) is 46.2 Å². The predicted octanol–water partition coefficient (Wildman–Crippen LogP) is 3.44. The van der Waals surface area contributed by atoms with Crippen LogP contribution in [0.5, 0.6) is 0 Å². The summed E-state index contributed by atoms with van der Waals surface area (Å²) in [6.07, 6.45) is 5.61. The molecule has 2 rings (SSSR count). The highest BCUT2D eigenvalue weighted by Crippen LogP contribution is 2.31. The van der Waals surface area contributed by atoms with E-state index >= 15 is 0 Å². The van der Waals surface area contributed by atoms with Gasteiger partial charge in [0.05, 0.1) is 6.10 Å². The first-order valence-corrected chi connectivity index (χ1v) is 7.49. The van der Waals surface area contributed by atoms with E-state index < -0.39 is 0 Å². The molecule has 1 aliphatic rings. The summed E-state index contributed by atoms with van der Waals surface area (Å²) in [5.41, 5.74) is 6.35. The van der Waals surface area contributed by atoms with Crippen LogP contribution in [-0.4, -0.2) is 17.0 Å². The predicted molar refractivity (Wildman–Crippen MR) is 74.1 cm³/mol. The monoisotopic (exact) mass is 269 g/mol. The molecular weight excluding hydrogens is 249 g/mol. The number of anilines is 1. The van der Waals surface area contributed by atoms with Crippen LogP contribution in [0.25, 0.3) is 0 Å². The van der Waals surface area contributed by atoms with Gasteiger partial charge >= 0.3 is 0 Å². The van der Waals surface area contributed by atoms with Gasteiger partial charge < -0.3 is 10.8 Å². The Morgan fingerprint density at radius 2 is 2.11 bits per heavy atom. The fourth-order valence-corrected chi connectivity index (χ4v) is 3.46. The van der Waals surface area contributed by atoms with Gasteiger partial charge in [-0.05, 0) is 30.5 Å². The molecule has 1 saturated carbocycles. The Balaban J connectivity index is 1.81. The molecule has 100 valence electrons. The number of thioether (sulfide) groups is 1. The van der Waals surface area contributed by atoms with Crippen LogP contribution in [0, 0.1) is 11.7 Å². The fraction of sp³-hybridized carbons (Fsp3) is 0.571. The molecule has 1 atom stereocenters. The zero-order chi connectivity index (χ0) is 13.0. The number of aliphatic hydroxyl groups excluding tert-OH is 1. The van der Waals surface area contributed by atoms with Gasteiger partial charge in [0.1, 0.15) is 5.82 Å². The molecule has 0 aliphatic heterocycles. The van der Waals surface area contributed by atoms with Crippen molar-refractivity contribution in [2.45, 2.75) is 43.1 Å². The number of hydrogen-bond donors (Lipinski definition) is 2. The smallest absolute Gasteiger partial charge is 0.124 e. The molecule has 1 aliphatic carbocycles. The molecule has 0 aromatic heterocycles. The van der Waals surface area contributed by atoms with Crippen molar-refractivity contribution in [2.75, 3.05) is 11.5 Å². The van der Waals surface area contributed by atoms with Gasteiger partial charge in [0.15, 0.2) is 0 Å². The standard InChI is InChI=1S/C14H20FNOS/c15-11-5-6-13(16)14(8-11)18-9-12(17)7-10-3-1-2-4-10/h5-6,8,10,12,17H,1-4,7,9,16H2. The first-order valence-electron chi connectivity index (χ1n) is 6.51. The molecule has 4 heteroatoms.